The Balaban J connectivity index is 2.19. The van der Waals surface area contributed by atoms with Crippen LogP contribution in [-0.2, 0) is 4.79 Å². The molecular weight excluding hydrogens is 246 g/mol. The molecule has 0 spiro atoms. The molecule has 0 aromatic heterocycles. The van der Waals surface area contributed by atoms with Crippen molar-refractivity contribution in [2.45, 2.75) is 26.3 Å². The van der Waals surface area contributed by atoms with Gasteiger partial charge in [0, 0.05) is 13.1 Å². The molecule has 0 saturated carbocycles. The molecule has 2 unspecified atom stereocenters. The third-order valence-corrected chi connectivity index (χ3v) is 3.33. The summed E-state index contributed by atoms with van der Waals surface area (Å²) in [5, 5.41) is 14.4. The summed E-state index contributed by atoms with van der Waals surface area (Å²) in [6, 6.07) is -0.428. The number of carboxylic acid groups (broad SMARTS) is 1. The summed E-state index contributed by atoms with van der Waals surface area (Å²) in [6.45, 7) is 7.50. The van der Waals surface area contributed by atoms with Crippen LogP contribution in [0.25, 0.3) is 0 Å². The second-order valence-corrected chi connectivity index (χ2v) is 4.60. The summed E-state index contributed by atoms with van der Waals surface area (Å²) in [5.41, 5.74) is 0. The minimum atomic E-state index is -0.845. The smallest absolute Gasteiger partial charge is 0.315 e. The zero-order chi connectivity index (χ0) is 14.3. The Labute approximate surface area is 113 Å². The number of urea groups is 1. The van der Waals surface area contributed by atoms with Crippen LogP contribution in [0, 0.1) is 5.92 Å². The van der Waals surface area contributed by atoms with E-state index in [0.717, 1.165) is 19.6 Å². The van der Waals surface area contributed by atoms with E-state index in [9.17, 15) is 9.59 Å². The average molecular weight is 269 g/mol. The molecule has 108 valence electrons. The Morgan fingerprint density at radius 1 is 1.32 bits per heavy atom. The van der Waals surface area contributed by atoms with Crippen molar-refractivity contribution >= 4 is 12.0 Å². The Kier molecular flexibility index (Phi) is 6.35. The van der Waals surface area contributed by atoms with E-state index in [-0.39, 0.29) is 12.1 Å². The van der Waals surface area contributed by atoms with Crippen LogP contribution >= 0.6 is 0 Å². The topological polar surface area (TPSA) is 81.7 Å². The van der Waals surface area contributed by atoms with Crippen molar-refractivity contribution in [1.29, 1.82) is 0 Å². The first-order chi connectivity index (χ1) is 9.06. The van der Waals surface area contributed by atoms with Crippen LogP contribution in [-0.4, -0.2) is 54.2 Å². The van der Waals surface area contributed by atoms with Gasteiger partial charge in [0.2, 0.25) is 0 Å². The fourth-order valence-electron chi connectivity index (χ4n) is 2.08. The van der Waals surface area contributed by atoms with E-state index in [1.807, 2.05) is 0 Å². The quantitative estimate of drug-likeness (QED) is 0.593. The molecule has 3 N–H and O–H groups in total. The van der Waals surface area contributed by atoms with Crippen LogP contribution in [0.2, 0.25) is 0 Å². The lowest BCUT2D eigenvalue weighted by molar-refractivity contribution is -0.140. The number of amides is 2. The van der Waals surface area contributed by atoms with Gasteiger partial charge in [0.25, 0.3) is 0 Å². The van der Waals surface area contributed by atoms with Crippen molar-refractivity contribution in [2.24, 2.45) is 5.92 Å². The molecule has 6 heteroatoms. The van der Waals surface area contributed by atoms with Crippen molar-refractivity contribution in [3.63, 3.8) is 0 Å². The Bertz CT molecular complexity index is 340. The van der Waals surface area contributed by atoms with Crippen molar-refractivity contribution in [3.05, 3.63) is 12.2 Å². The van der Waals surface area contributed by atoms with Gasteiger partial charge in [-0.25, -0.2) is 4.79 Å². The van der Waals surface area contributed by atoms with Crippen molar-refractivity contribution in [1.82, 2.24) is 15.5 Å². The maximum atomic E-state index is 11.6. The standard InChI is InChI=1S/C13H23N3O3/c1-3-16(4-2)8-7-14-13(19)15-11-6-5-10(9-11)12(17)18/h5-6,10-11H,3-4,7-9H2,1-2H3,(H,17,18)(H2,14,15,19). The second-order valence-electron chi connectivity index (χ2n) is 4.60. The Hall–Kier alpha value is -1.56. The van der Waals surface area contributed by atoms with E-state index >= 15 is 0 Å². The predicted molar refractivity (Wildman–Crippen MR) is 73.0 cm³/mol. The van der Waals surface area contributed by atoms with E-state index in [1.165, 1.54) is 0 Å². The molecule has 2 amide bonds. The number of aliphatic carboxylic acids is 1. The third-order valence-electron chi connectivity index (χ3n) is 3.33. The highest BCUT2D eigenvalue weighted by molar-refractivity contribution is 5.76. The number of nitrogens with zero attached hydrogens (tertiary/aromatic N) is 1. The molecule has 0 saturated heterocycles. The highest BCUT2D eigenvalue weighted by Gasteiger charge is 2.25. The summed E-state index contributed by atoms with van der Waals surface area (Å²) in [4.78, 5) is 24.6. The number of carbonyl (C=O) groups excluding carboxylic acids is 1. The average Bonchev–Trinajstić information content (AvgIpc) is 2.83. The van der Waals surface area contributed by atoms with E-state index in [4.69, 9.17) is 5.11 Å². The molecular formula is C13H23N3O3. The van der Waals surface area contributed by atoms with E-state index in [2.05, 4.69) is 29.4 Å². The van der Waals surface area contributed by atoms with Gasteiger partial charge in [-0.05, 0) is 19.5 Å². The number of rotatable bonds is 7. The molecule has 0 radical (unpaired) electrons. The van der Waals surface area contributed by atoms with Crippen LogP contribution in [0.4, 0.5) is 4.79 Å². The lowest BCUT2D eigenvalue weighted by atomic mass is 10.1. The number of carbonyl (C=O) groups is 2. The lowest BCUT2D eigenvalue weighted by Gasteiger charge is -2.19. The largest absolute Gasteiger partial charge is 0.481 e. The maximum absolute atomic E-state index is 11.6. The van der Waals surface area contributed by atoms with Crippen molar-refractivity contribution < 1.29 is 14.7 Å². The SMILES string of the molecule is CCN(CC)CCNC(=O)NC1C=CC(C(=O)O)C1. The van der Waals surface area contributed by atoms with Gasteiger partial charge in [-0.2, -0.15) is 0 Å². The number of nitrogens with one attached hydrogen (secondary N) is 2. The van der Waals surface area contributed by atoms with Gasteiger partial charge in [-0.3, -0.25) is 4.79 Å². The van der Waals surface area contributed by atoms with Gasteiger partial charge in [0.05, 0.1) is 12.0 Å². The number of hydrogen-bond acceptors (Lipinski definition) is 3. The number of hydrogen-bond donors (Lipinski definition) is 3. The molecule has 0 aromatic carbocycles. The minimum Gasteiger partial charge on any atom is -0.481 e. The molecule has 0 heterocycles. The zero-order valence-corrected chi connectivity index (χ0v) is 11.6. The van der Waals surface area contributed by atoms with Gasteiger partial charge in [-0.15, -0.1) is 0 Å². The van der Waals surface area contributed by atoms with Crippen molar-refractivity contribution in [3.8, 4) is 0 Å². The third kappa shape index (κ3) is 5.30. The molecule has 0 aromatic rings. The van der Waals surface area contributed by atoms with Gasteiger partial charge in [0.15, 0.2) is 0 Å². The highest BCUT2D eigenvalue weighted by Crippen LogP contribution is 2.17. The van der Waals surface area contributed by atoms with Crippen LogP contribution in [0.1, 0.15) is 20.3 Å². The fraction of sp³-hybridized carbons (Fsp3) is 0.692. The van der Waals surface area contributed by atoms with Gasteiger partial charge in [0.1, 0.15) is 0 Å². The van der Waals surface area contributed by atoms with E-state index in [0.29, 0.717) is 13.0 Å². The van der Waals surface area contributed by atoms with Gasteiger partial charge >= 0.3 is 12.0 Å². The molecule has 0 bridgehead atoms. The number of carboxylic acids is 1. The highest BCUT2D eigenvalue weighted by atomic mass is 16.4. The first-order valence-electron chi connectivity index (χ1n) is 6.74. The molecule has 19 heavy (non-hydrogen) atoms. The predicted octanol–water partition coefficient (Wildman–Crippen LogP) is 0.657. The Morgan fingerprint density at radius 2 is 2.00 bits per heavy atom. The summed E-state index contributed by atoms with van der Waals surface area (Å²) < 4.78 is 0. The molecule has 6 nitrogen and oxygen atoms in total. The van der Waals surface area contributed by atoms with E-state index < -0.39 is 11.9 Å². The van der Waals surface area contributed by atoms with Crippen LogP contribution in [0.5, 0.6) is 0 Å². The number of likely N-dealkylation sites (N-methyl/N-ethyl adjacent to an activating group) is 1. The summed E-state index contributed by atoms with van der Waals surface area (Å²) in [6.07, 6.45) is 3.80. The summed E-state index contributed by atoms with van der Waals surface area (Å²) >= 11 is 0. The fourth-order valence-corrected chi connectivity index (χ4v) is 2.08. The minimum absolute atomic E-state index is 0.186. The van der Waals surface area contributed by atoms with Gasteiger partial charge < -0.3 is 20.6 Å². The lowest BCUT2D eigenvalue weighted by Crippen LogP contribution is -2.43. The summed E-state index contributed by atoms with van der Waals surface area (Å²) in [5.74, 6) is -1.33. The second kappa shape index (κ2) is 7.78. The first kappa shape index (κ1) is 15.5. The molecule has 2 atom stereocenters. The molecule has 1 aliphatic rings. The van der Waals surface area contributed by atoms with Crippen LogP contribution in [0.3, 0.4) is 0 Å². The first-order valence-corrected chi connectivity index (χ1v) is 6.74. The van der Waals surface area contributed by atoms with Crippen LogP contribution < -0.4 is 10.6 Å². The molecule has 0 aliphatic heterocycles. The van der Waals surface area contributed by atoms with Crippen molar-refractivity contribution in [2.75, 3.05) is 26.2 Å². The normalized spacial score (nSPS) is 21.6. The van der Waals surface area contributed by atoms with Crippen LogP contribution in [0.15, 0.2) is 12.2 Å². The van der Waals surface area contributed by atoms with E-state index in [1.54, 1.807) is 12.2 Å². The maximum Gasteiger partial charge on any atom is 0.315 e. The molecule has 1 rings (SSSR count). The summed E-state index contributed by atoms with van der Waals surface area (Å²) in [7, 11) is 0. The monoisotopic (exact) mass is 269 g/mol. The Morgan fingerprint density at radius 3 is 2.53 bits per heavy atom. The molecule has 1 aliphatic carbocycles. The van der Waals surface area contributed by atoms with Gasteiger partial charge in [-0.1, -0.05) is 26.0 Å². The molecule has 0 fully saturated rings. The zero-order valence-electron chi connectivity index (χ0n) is 11.6.